The van der Waals surface area contributed by atoms with Crippen LogP contribution in [0.1, 0.15) is 11.1 Å². The number of aromatic nitrogens is 1. The number of rotatable bonds is 2. The molecule has 0 bridgehead atoms. The largest absolute Gasteiger partial charge is 0.505 e. The molecule has 0 aliphatic rings. The van der Waals surface area contributed by atoms with Gasteiger partial charge in [-0.1, -0.05) is 36.4 Å². The number of phenols is 1. The van der Waals surface area contributed by atoms with Crippen molar-refractivity contribution >= 4 is 21.8 Å². The first-order chi connectivity index (χ1) is 11.2. The Balaban J connectivity index is 2.19. The van der Waals surface area contributed by atoms with Gasteiger partial charge in [-0.15, -0.1) is 0 Å². The topological polar surface area (TPSA) is 45.4 Å². The normalized spacial score (nSPS) is 11.4. The lowest BCUT2D eigenvalue weighted by Gasteiger charge is -2.13. The summed E-state index contributed by atoms with van der Waals surface area (Å²) in [5.74, 6) is 0.129. The highest BCUT2D eigenvalue weighted by atomic mass is 16.3. The van der Waals surface area contributed by atoms with Crippen molar-refractivity contribution in [1.29, 1.82) is 0 Å². The molecular weight excluding hydrogens is 286 g/mol. The third-order valence-electron chi connectivity index (χ3n) is 4.30. The van der Waals surface area contributed by atoms with Crippen molar-refractivity contribution in [2.45, 2.75) is 13.5 Å². The predicted octanol–water partition coefficient (Wildman–Crippen LogP) is 4.29. The zero-order chi connectivity index (χ0) is 16.0. The van der Waals surface area contributed by atoms with Gasteiger partial charge in [0.15, 0.2) is 0 Å². The van der Waals surface area contributed by atoms with E-state index in [1.54, 1.807) is 0 Å². The van der Waals surface area contributed by atoms with Crippen LogP contribution in [0.15, 0.2) is 60.7 Å². The van der Waals surface area contributed by atoms with Crippen LogP contribution in [0.5, 0.6) is 5.75 Å². The van der Waals surface area contributed by atoms with Gasteiger partial charge in [0.05, 0.1) is 23.3 Å². The van der Waals surface area contributed by atoms with E-state index >= 15 is 0 Å². The van der Waals surface area contributed by atoms with Crippen molar-refractivity contribution < 1.29 is 10.2 Å². The van der Waals surface area contributed by atoms with Crippen LogP contribution in [0.3, 0.4) is 0 Å². The van der Waals surface area contributed by atoms with Crippen molar-refractivity contribution in [1.82, 2.24) is 4.57 Å². The summed E-state index contributed by atoms with van der Waals surface area (Å²) in [6.07, 6.45) is 0. The third kappa shape index (κ3) is 2.01. The maximum absolute atomic E-state index is 10.6. The zero-order valence-corrected chi connectivity index (χ0v) is 12.8. The van der Waals surface area contributed by atoms with Crippen LogP contribution in [0.2, 0.25) is 0 Å². The fourth-order valence-corrected chi connectivity index (χ4v) is 3.31. The first kappa shape index (κ1) is 13.9. The van der Waals surface area contributed by atoms with Crippen molar-refractivity contribution in [2.75, 3.05) is 0 Å². The molecule has 3 aromatic carbocycles. The van der Waals surface area contributed by atoms with E-state index in [4.69, 9.17) is 0 Å². The van der Waals surface area contributed by atoms with E-state index in [0.29, 0.717) is 11.3 Å². The van der Waals surface area contributed by atoms with Crippen LogP contribution in [0, 0.1) is 6.92 Å². The minimum atomic E-state index is -0.183. The molecule has 23 heavy (non-hydrogen) atoms. The molecule has 0 spiro atoms. The van der Waals surface area contributed by atoms with Gasteiger partial charge in [0.1, 0.15) is 5.75 Å². The maximum atomic E-state index is 10.6. The minimum Gasteiger partial charge on any atom is -0.505 e. The minimum absolute atomic E-state index is 0.129. The highest BCUT2D eigenvalue weighted by molar-refractivity contribution is 6.09. The number of para-hydroxylation sites is 2. The lowest BCUT2D eigenvalue weighted by molar-refractivity contribution is 0.275. The Morgan fingerprint density at radius 3 is 2.00 bits per heavy atom. The standard InChI is InChI=1S/C20H17NO2/c1-13-10-14(12-22)20(23)19(11-13)21-17-8-4-2-6-15(17)16-7-3-5-9-18(16)21/h2-11,22-23H,12H2,1H3. The number of aliphatic hydroxyl groups is 1. The second-order valence-electron chi connectivity index (χ2n) is 5.82. The summed E-state index contributed by atoms with van der Waals surface area (Å²) in [5.41, 5.74) is 4.33. The van der Waals surface area contributed by atoms with E-state index in [2.05, 4.69) is 28.8 Å². The summed E-state index contributed by atoms with van der Waals surface area (Å²) in [6, 6.07) is 20.1. The molecule has 1 aromatic heterocycles. The van der Waals surface area contributed by atoms with Crippen molar-refractivity contribution in [3.8, 4) is 11.4 Å². The lowest BCUT2D eigenvalue weighted by atomic mass is 10.1. The molecule has 4 rings (SSSR count). The molecule has 2 N–H and O–H groups in total. The molecule has 0 aliphatic carbocycles. The first-order valence-corrected chi connectivity index (χ1v) is 7.62. The van der Waals surface area contributed by atoms with E-state index in [0.717, 1.165) is 27.4 Å². The average Bonchev–Trinajstić information content (AvgIpc) is 2.91. The van der Waals surface area contributed by atoms with Gasteiger partial charge < -0.3 is 14.8 Å². The summed E-state index contributed by atoms with van der Waals surface area (Å²) in [5, 5.41) is 22.4. The molecule has 114 valence electrons. The quantitative estimate of drug-likeness (QED) is 0.580. The number of benzene rings is 3. The maximum Gasteiger partial charge on any atom is 0.145 e. The molecule has 0 amide bonds. The molecule has 1 heterocycles. The first-order valence-electron chi connectivity index (χ1n) is 7.62. The monoisotopic (exact) mass is 303 g/mol. The summed E-state index contributed by atoms with van der Waals surface area (Å²) in [6.45, 7) is 1.79. The van der Waals surface area contributed by atoms with Gasteiger partial charge in [-0.25, -0.2) is 0 Å². The Labute approximate surface area is 134 Å². The van der Waals surface area contributed by atoms with Crippen LogP contribution in [-0.4, -0.2) is 14.8 Å². The van der Waals surface area contributed by atoms with Crippen molar-refractivity contribution in [3.05, 3.63) is 71.8 Å². The van der Waals surface area contributed by atoms with Gasteiger partial charge in [0.25, 0.3) is 0 Å². The van der Waals surface area contributed by atoms with Gasteiger partial charge in [-0.3, -0.25) is 0 Å². The molecule has 4 aromatic rings. The lowest BCUT2D eigenvalue weighted by Crippen LogP contribution is -1.98. The van der Waals surface area contributed by atoms with Gasteiger partial charge in [-0.2, -0.15) is 0 Å². The van der Waals surface area contributed by atoms with Crippen LogP contribution in [0.4, 0.5) is 0 Å². The van der Waals surface area contributed by atoms with Crippen LogP contribution < -0.4 is 0 Å². The number of fused-ring (bicyclic) bond motifs is 3. The average molecular weight is 303 g/mol. The molecule has 0 saturated heterocycles. The SMILES string of the molecule is Cc1cc(CO)c(O)c(-n2c3ccccc3c3ccccc32)c1. The summed E-state index contributed by atoms with van der Waals surface area (Å²) < 4.78 is 2.06. The highest BCUT2D eigenvalue weighted by Crippen LogP contribution is 2.36. The van der Waals surface area contributed by atoms with Crippen LogP contribution >= 0.6 is 0 Å². The van der Waals surface area contributed by atoms with Gasteiger partial charge in [0, 0.05) is 16.3 Å². The van der Waals surface area contributed by atoms with E-state index in [9.17, 15) is 10.2 Å². The molecule has 0 aliphatic heterocycles. The fraction of sp³-hybridized carbons (Fsp3) is 0.100. The van der Waals surface area contributed by atoms with Crippen molar-refractivity contribution in [3.63, 3.8) is 0 Å². The molecular formula is C20H17NO2. The molecule has 3 nitrogen and oxygen atoms in total. The van der Waals surface area contributed by atoms with Crippen molar-refractivity contribution in [2.24, 2.45) is 0 Å². The number of aryl methyl sites for hydroxylation is 1. The highest BCUT2D eigenvalue weighted by Gasteiger charge is 2.16. The predicted molar refractivity (Wildman–Crippen MR) is 93.1 cm³/mol. The second-order valence-corrected chi connectivity index (χ2v) is 5.82. The van der Waals surface area contributed by atoms with Gasteiger partial charge >= 0.3 is 0 Å². The molecule has 0 unspecified atom stereocenters. The number of aliphatic hydroxyl groups excluding tert-OH is 1. The summed E-state index contributed by atoms with van der Waals surface area (Å²) in [7, 11) is 0. The van der Waals surface area contributed by atoms with Crippen LogP contribution in [0.25, 0.3) is 27.5 Å². The Bertz CT molecular complexity index is 977. The smallest absolute Gasteiger partial charge is 0.145 e. The molecule has 0 fully saturated rings. The Morgan fingerprint density at radius 2 is 1.43 bits per heavy atom. The number of aromatic hydroxyl groups is 1. The third-order valence-corrected chi connectivity index (χ3v) is 4.30. The van der Waals surface area contributed by atoms with E-state index in [1.165, 1.54) is 0 Å². The number of nitrogens with zero attached hydrogens (tertiary/aromatic N) is 1. The Kier molecular flexibility index (Phi) is 3.10. The molecule has 0 radical (unpaired) electrons. The van der Waals surface area contributed by atoms with E-state index in [1.807, 2.05) is 43.3 Å². The summed E-state index contributed by atoms with van der Waals surface area (Å²) in [4.78, 5) is 0. The fourth-order valence-electron chi connectivity index (χ4n) is 3.31. The second kappa shape index (κ2) is 5.14. The van der Waals surface area contributed by atoms with E-state index in [-0.39, 0.29) is 12.4 Å². The zero-order valence-electron chi connectivity index (χ0n) is 12.8. The van der Waals surface area contributed by atoms with Gasteiger partial charge in [-0.05, 0) is 36.8 Å². The number of hydrogen-bond donors (Lipinski definition) is 2. The molecule has 0 atom stereocenters. The summed E-state index contributed by atoms with van der Waals surface area (Å²) >= 11 is 0. The van der Waals surface area contributed by atoms with E-state index < -0.39 is 0 Å². The molecule has 3 heteroatoms. The van der Waals surface area contributed by atoms with Crippen LogP contribution in [-0.2, 0) is 6.61 Å². The number of hydrogen-bond acceptors (Lipinski definition) is 2. The Morgan fingerprint density at radius 1 is 0.870 bits per heavy atom. The molecule has 0 saturated carbocycles. The van der Waals surface area contributed by atoms with Gasteiger partial charge in [0.2, 0.25) is 0 Å². The Hall–Kier alpha value is -2.78.